The van der Waals surface area contributed by atoms with Gasteiger partial charge >= 0.3 is 6.03 Å². The fourth-order valence-electron chi connectivity index (χ4n) is 18.6. The van der Waals surface area contributed by atoms with Crippen molar-refractivity contribution in [3.8, 4) is 0 Å². The molecule has 11 heterocycles. The van der Waals surface area contributed by atoms with Gasteiger partial charge in [0.05, 0.1) is 55.6 Å². The summed E-state index contributed by atoms with van der Waals surface area (Å²) in [4.78, 5) is 315. The molecule has 12 aliphatic rings. The summed E-state index contributed by atoms with van der Waals surface area (Å²) in [7, 11) is 0. The Morgan fingerprint density at radius 3 is 0.871 bits per heavy atom. The highest BCUT2D eigenvalue weighted by Gasteiger charge is 2.52. The summed E-state index contributed by atoms with van der Waals surface area (Å²) in [6.07, 6.45) is 13.0. The van der Waals surface area contributed by atoms with Crippen LogP contribution in [-0.4, -0.2) is 214 Å². The van der Waals surface area contributed by atoms with Crippen LogP contribution >= 0.6 is 0 Å². The van der Waals surface area contributed by atoms with Crippen LogP contribution in [0.3, 0.4) is 0 Å². The number of aromatic nitrogens is 1. The number of hydrogen-bond donors (Lipinski definition) is 11. The van der Waals surface area contributed by atoms with Crippen LogP contribution in [0, 0.1) is 17.8 Å². The average Bonchev–Trinajstić information content (AvgIpc) is 1.62. The van der Waals surface area contributed by atoms with Crippen molar-refractivity contribution in [2.24, 2.45) is 17.8 Å². The number of pyridine rings is 1. The van der Waals surface area contributed by atoms with E-state index in [9.17, 15) is 120 Å². The number of unbranched alkanes of at least 4 members (excludes halogenated alkanes) is 1. The molecule has 6 aromatic rings. The lowest BCUT2D eigenvalue weighted by Gasteiger charge is -2.27. The summed E-state index contributed by atoms with van der Waals surface area (Å²) < 4.78 is 0. The monoisotopic (exact) mass is 1920 g/mol. The number of piperidine rings is 5. The van der Waals surface area contributed by atoms with Crippen LogP contribution in [0.15, 0.2) is 115 Å². The summed E-state index contributed by atoms with van der Waals surface area (Å²) in [5.41, 5.74) is 4.83. The second kappa shape index (κ2) is 43.9. The Kier molecular flexibility index (Phi) is 31.3. The second-order valence-corrected chi connectivity index (χ2v) is 35.4. The van der Waals surface area contributed by atoms with Gasteiger partial charge in [0.2, 0.25) is 76.8 Å². The Balaban J connectivity index is 0.000000139. The summed E-state index contributed by atoms with van der Waals surface area (Å²) in [5, 5.41) is 27.4. The molecule has 2 aliphatic carbocycles. The van der Waals surface area contributed by atoms with Crippen molar-refractivity contribution in [2.45, 2.75) is 219 Å². The Morgan fingerprint density at radius 1 is 0.321 bits per heavy atom. The Morgan fingerprint density at radius 2 is 0.600 bits per heavy atom. The predicted molar refractivity (Wildman–Crippen MR) is 485 cm³/mol. The molecule has 2 saturated carbocycles. The molecule has 42 nitrogen and oxygen atoms in total. The van der Waals surface area contributed by atoms with Gasteiger partial charge in [-0.25, -0.2) is 4.79 Å². The van der Waals surface area contributed by atoms with Crippen molar-refractivity contribution in [3.05, 3.63) is 205 Å². The minimum atomic E-state index is -1.03. The number of carbonyl (C=O) groups excluding carboxylic acids is 25. The molecule has 1 aromatic heterocycles. The van der Waals surface area contributed by atoms with Crippen molar-refractivity contribution in [1.29, 1.82) is 0 Å². The van der Waals surface area contributed by atoms with Gasteiger partial charge in [0, 0.05) is 95.3 Å². The van der Waals surface area contributed by atoms with Crippen LogP contribution in [0.25, 0.3) is 0 Å². The lowest BCUT2D eigenvalue weighted by molar-refractivity contribution is -0.137. The Labute approximate surface area is 799 Å². The van der Waals surface area contributed by atoms with Gasteiger partial charge < -0.3 is 31.9 Å². The number of benzene rings is 5. The van der Waals surface area contributed by atoms with Crippen LogP contribution in [-0.2, 0) is 95.1 Å². The van der Waals surface area contributed by atoms with Gasteiger partial charge in [0.1, 0.15) is 35.9 Å². The number of nitrogens with one attached hydrogen (secondary N) is 11. The van der Waals surface area contributed by atoms with Crippen molar-refractivity contribution >= 4 is 148 Å². The third-order valence-electron chi connectivity index (χ3n) is 25.9. The number of amides is 26. The summed E-state index contributed by atoms with van der Waals surface area (Å²) in [5.74, 6) is -11.8. The van der Waals surface area contributed by atoms with Gasteiger partial charge in [-0.2, -0.15) is 0 Å². The van der Waals surface area contributed by atoms with Gasteiger partial charge in [-0.15, -0.1) is 0 Å². The van der Waals surface area contributed by atoms with E-state index in [0.29, 0.717) is 34.4 Å². The molecule has 0 bridgehead atoms. The number of hydrogen-bond acceptors (Lipinski definition) is 26. The van der Waals surface area contributed by atoms with Crippen LogP contribution < -0.4 is 58.5 Å². The van der Waals surface area contributed by atoms with Crippen LogP contribution in [0.1, 0.15) is 297 Å². The van der Waals surface area contributed by atoms with Gasteiger partial charge in [0.25, 0.3) is 65.0 Å². The first-order chi connectivity index (χ1) is 67.1. The largest absolute Gasteiger partial charge is 0.352 e. The lowest BCUT2D eigenvalue weighted by Crippen LogP contribution is -2.54. The molecule has 5 saturated heterocycles. The molecule has 10 aliphatic heterocycles. The standard InChI is InChI=1S/C21H23N3O5.C20H16N4O5.C20H21N3O5.C19H22N4O5.C18H19N3O5/c25-16-10-9-15(19(27)23-16)24-20(28)14-8-4-7-13(17(14)21(24)29)11-22-18(26)12-5-2-1-3-6-12;25-15-8-7-14(18(27)23-15)24-19(28)12-5-3-4-11(16(12)20(24)29)10-22-17(26)13-6-1-2-9-21-13;24-15-9-8-14(18(26)22-15)23-19(27)13-7-3-6-12(16(13)20(23)28)10-21-17(25)11-4-1-2-5-11;1-2-3-9-20-19(28)21-10-11-5-4-6-12-15(11)18(27)23(17(12)26)13-7-8-14(24)22-16(13)25;1-9(2)15(23)19-8-10-4-3-5-11-14(10)18(26)21(17(11)25)12-6-7-13(22)20-16(12)24/h4,7-8,12,15H,1-3,5-6,9-11H2,(H,22,26)(H,23,25,27);1-6,9,14H,7-8,10H2,(H,22,26)(H,23,25,27);3,6-7,11,14H,1-2,4-5,8-10H2,(H,21,25)(H,22,24,26);4-6,13H,2-3,7-10H2,1H3,(H2,20,21,28)(H,22,24,25);3-5,9,12H,6-8H2,1-2H3,(H,19,23)(H,20,22,24). The van der Waals surface area contributed by atoms with E-state index < -0.39 is 154 Å². The average molecular weight is 1920 g/mol. The van der Waals surface area contributed by atoms with Crippen molar-refractivity contribution in [3.63, 3.8) is 0 Å². The number of nitrogens with zero attached hydrogens (tertiary/aromatic N) is 6. The van der Waals surface area contributed by atoms with E-state index in [1.54, 1.807) is 105 Å². The van der Waals surface area contributed by atoms with E-state index in [2.05, 4.69) is 63.5 Å². The van der Waals surface area contributed by atoms with Crippen molar-refractivity contribution in [2.75, 3.05) is 6.54 Å². The van der Waals surface area contributed by atoms with Gasteiger partial charge in [-0.05, 0) is 134 Å². The molecule has 140 heavy (non-hydrogen) atoms. The highest BCUT2D eigenvalue weighted by molar-refractivity contribution is 6.28. The molecule has 0 radical (unpaired) electrons. The normalized spacial score (nSPS) is 20.4. The van der Waals surface area contributed by atoms with E-state index in [1.807, 2.05) is 6.92 Å². The first-order valence-electron chi connectivity index (χ1n) is 46.4. The molecule has 11 N–H and O–H groups in total. The molecule has 7 fully saturated rings. The quantitative estimate of drug-likeness (QED) is 0.0341. The first-order valence-corrected chi connectivity index (χ1v) is 46.4. The van der Waals surface area contributed by atoms with E-state index in [-0.39, 0.29) is 200 Å². The fourth-order valence-corrected chi connectivity index (χ4v) is 18.6. The molecule has 0 spiro atoms. The van der Waals surface area contributed by atoms with Gasteiger partial charge in [-0.1, -0.05) is 126 Å². The highest BCUT2D eigenvalue weighted by Crippen LogP contribution is 2.38. The van der Waals surface area contributed by atoms with E-state index in [1.165, 1.54) is 24.4 Å². The van der Waals surface area contributed by atoms with E-state index in [0.717, 1.165) is 95.1 Å². The molecule has 5 atom stereocenters. The minimum absolute atomic E-state index is 0.00202. The number of rotatable bonds is 22. The topological polar surface area (TPSA) is 588 Å². The summed E-state index contributed by atoms with van der Waals surface area (Å²) in [6, 6.07) is 23.8. The molecule has 26 amide bonds. The van der Waals surface area contributed by atoms with E-state index >= 15 is 0 Å². The maximum Gasteiger partial charge on any atom is 0.315 e. The minimum Gasteiger partial charge on any atom is -0.352 e. The van der Waals surface area contributed by atoms with Crippen LogP contribution in [0.5, 0.6) is 0 Å². The number of urea groups is 1. The zero-order valence-corrected chi connectivity index (χ0v) is 76.6. The predicted octanol–water partition coefficient (Wildman–Crippen LogP) is 3.64. The smallest absolute Gasteiger partial charge is 0.315 e. The zero-order valence-electron chi connectivity index (χ0n) is 76.6. The third kappa shape index (κ3) is 21.5. The molecule has 42 heteroatoms. The zero-order chi connectivity index (χ0) is 100. The maximum absolute atomic E-state index is 13.0. The van der Waals surface area contributed by atoms with Gasteiger partial charge in [-0.3, -0.25) is 171 Å². The summed E-state index contributed by atoms with van der Waals surface area (Å²) in [6.45, 7) is 6.59. The number of carbonyl (C=O) groups is 25. The Bertz CT molecular complexity index is 6240. The van der Waals surface area contributed by atoms with Gasteiger partial charge in [0.15, 0.2) is 0 Å². The lowest BCUT2D eigenvalue weighted by atomic mass is 9.88. The van der Waals surface area contributed by atoms with E-state index in [4.69, 9.17) is 0 Å². The van der Waals surface area contributed by atoms with Crippen molar-refractivity contribution < 1.29 is 120 Å². The molecule has 728 valence electrons. The van der Waals surface area contributed by atoms with Crippen LogP contribution in [0.2, 0.25) is 0 Å². The third-order valence-corrected chi connectivity index (χ3v) is 25.9. The van der Waals surface area contributed by atoms with Crippen molar-refractivity contribution in [1.82, 2.24) is 88.0 Å². The maximum atomic E-state index is 13.0. The number of imide groups is 10. The molecular formula is C98H101N17O25. The molecule has 18 rings (SSSR count). The SMILES string of the molecule is CC(C)C(=O)NCc1cccc2c1C(=O)N(C1CCC(=O)NC1=O)C2=O.CCCCNC(=O)NCc1cccc2c1C(=O)N(C1CCC(=O)NC1=O)C2=O.O=C1CCC(N2C(=O)c3cccc(CNC(=O)C4CCCC4)c3C2=O)C(=O)N1.O=C1CCC(N2C(=O)c3cccc(CNC(=O)C4CCCCC4)c3C2=O)C(=O)N1.O=C1CCC(N2C(=O)c3cccc(CNC(=O)c4ccccn4)c3C2=O)C(=O)N1. The molecule has 5 unspecified atom stereocenters. The molecule has 5 aromatic carbocycles. The second-order valence-electron chi connectivity index (χ2n) is 35.4. The summed E-state index contributed by atoms with van der Waals surface area (Å²) >= 11 is 0. The first kappa shape index (κ1) is 99.8. The number of fused-ring (bicyclic) bond motifs is 5. The fraction of sp³-hybridized carbons (Fsp3) is 0.388. The highest BCUT2D eigenvalue weighted by atomic mass is 16.2. The van der Waals surface area contributed by atoms with Crippen LogP contribution in [0.4, 0.5) is 4.79 Å². The Hall–Kier alpha value is -16.2. The molecular weight excluding hydrogens is 1820 g/mol.